The Bertz CT molecular complexity index is 752. The summed E-state index contributed by atoms with van der Waals surface area (Å²) in [5.74, 6) is 0. The van der Waals surface area contributed by atoms with Crippen molar-refractivity contribution in [1.82, 2.24) is 15.3 Å². The van der Waals surface area contributed by atoms with Crippen molar-refractivity contribution in [3.8, 4) is 0 Å². The Morgan fingerprint density at radius 3 is 2.86 bits per heavy atom. The molecule has 1 N–H and O–H groups in total. The van der Waals surface area contributed by atoms with Crippen LogP contribution in [-0.2, 0) is 6.42 Å². The fourth-order valence-corrected chi connectivity index (χ4v) is 2.94. The Balaban J connectivity index is 1.96. The monoisotopic (exact) mass is 341 g/mol. The van der Waals surface area contributed by atoms with Crippen LogP contribution >= 0.6 is 15.9 Å². The highest BCUT2D eigenvalue weighted by molar-refractivity contribution is 9.10. The van der Waals surface area contributed by atoms with E-state index in [0.717, 1.165) is 16.4 Å². The van der Waals surface area contributed by atoms with Gasteiger partial charge in [0.05, 0.1) is 5.52 Å². The number of likely N-dealkylation sites (N-methyl/N-ethyl adjacent to an activating group) is 1. The van der Waals surface area contributed by atoms with Crippen molar-refractivity contribution in [3.05, 3.63) is 70.6 Å². The molecule has 2 aromatic heterocycles. The SMILES string of the molecule is CNC(Cc1ccnc2ccccc12)c1cncc(Br)c1. The minimum atomic E-state index is 0.223. The number of fused-ring (bicyclic) bond motifs is 1. The number of nitrogens with zero attached hydrogens (tertiary/aromatic N) is 2. The lowest BCUT2D eigenvalue weighted by Gasteiger charge is -2.17. The van der Waals surface area contributed by atoms with Crippen LogP contribution in [0.2, 0.25) is 0 Å². The van der Waals surface area contributed by atoms with E-state index in [-0.39, 0.29) is 6.04 Å². The topological polar surface area (TPSA) is 37.8 Å². The lowest BCUT2D eigenvalue weighted by Crippen LogP contribution is -2.19. The van der Waals surface area contributed by atoms with Crippen LogP contribution in [0.3, 0.4) is 0 Å². The molecule has 0 aliphatic rings. The van der Waals surface area contributed by atoms with Crippen molar-refractivity contribution in [2.24, 2.45) is 0 Å². The summed E-state index contributed by atoms with van der Waals surface area (Å²) in [5, 5.41) is 4.59. The van der Waals surface area contributed by atoms with Gasteiger partial charge in [0.2, 0.25) is 0 Å². The van der Waals surface area contributed by atoms with Crippen LogP contribution in [0.5, 0.6) is 0 Å². The molecule has 3 aromatic rings. The van der Waals surface area contributed by atoms with E-state index in [0.29, 0.717) is 0 Å². The largest absolute Gasteiger partial charge is 0.313 e. The van der Waals surface area contributed by atoms with Gasteiger partial charge >= 0.3 is 0 Å². The highest BCUT2D eigenvalue weighted by Gasteiger charge is 2.13. The second kappa shape index (κ2) is 6.33. The van der Waals surface area contributed by atoms with Crippen LogP contribution in [-0.4, -0.2) is 17.0 Å². The molecule has 21 heavy (non-hydrogen) atoms. The van der Waals surface area contributed by atoms with Crippen molar-refractivity contribution in [1.29, 1.82) is 0 Å². The second-order valence-corrected chi connectivity index (χ2v) is 5.88. The highest BCUT2D eigenvalue weighted by Crippen LogP contribution is 2.24. The molecule has 4 heteroatoms. The summed E-state index contributed by atoms with van der Waals surface area (Å²) >= 11 is 3.48. The molecule has 0 fully saturated rings. The summed E-state index contributed by atoms with van der Waals surface area (Å²) in [6.07, 6.45) is 6.49. The molecule has 1 unspecified atom stereocenters. The Morgan fingerprint density at radius 2 is 2.05 bits per heavy atom. The van der Waals surface area contributed by atoms with E-state index in [4.69, 9.17) is 0 Å². The third-order valence-corrected chi connectivity index (χ3v) is 4.07. The van der Waals surface area contributed by atoms with E-state index >= 15 is 0 Å². The molecule has 1 atom stereocenters. The first-order valence-electron chi connectivity index (χ1n) is 6.88. The molecule has 0 aliphatic heterocycles. The van der Waals surface area contributed by atoms with E-state index in [1.807, 2.05) is 31.6 Å². The molecule has 3 nitrogen and oxygen atoms in total. The van der Waals surface area contributed by atoms with E-state index in [1.165, 1.54) is 16.5 Å². The minimum absolute atomic E-state index is 0.223. The van der Waals surface area contributed by atoms with Gasteiger partial charge in [-0.3, -0.25) is 9.97 Å². The lowest BCUT2D eigenvalue weighted by molar-refractivity contribution is 0.591. The van der Waals surface area contributed by atoms with Gasteiger partial charge in [-0.1, -0.05) is 18.2 Å². The molecular weight excluding hydrogens is 326 g/mol. The number of hydrogen-bond acceptors (Lipinski definition) is 3. The summed E-state index contributed by atoms with van der Waals surface area (Å²) in [7, 11) is 1.98. The van der Waals surface area contributed by atoms with Gasteiger partial charge in [-0.25, -0.2) is 0 Å². The van der Waals surface area contributed by atoms with Gasteiger partial charge in [0.25, 0.3) is 0 Å². The van der Waals surface area contributed by atoms with Crippen molar-refractivity contribution in [3.63, 3.8) is 0 Å². The zero-order chi connectivity index (χ0) is 14.7. The van der Waals surface area contributed by atoms with E-state index in [9.17, 15) is 0 Å². The fraction of sp³-hybridized carbons (Fsp3) is 0.176. The zero-order valence-corrected chi connectivity index (χ0v) is 13.3. The number of hydrogen-bond donors (Lipinski definition) is 1. The third-order valence-electron chi connectivity index (χ3n) is 3.64. The average molecular weight is 342 g/mol. The predicted octanol–water partition coefficient (Wildman–Crippen LogP) is 3.90. The fourth-order valence-electron chi connectivity index (χ4n) is 2.56. The number of pyridine rings is 2. The number of halogens is 1. The minimum Gasteiger partial charge on any atom is -0.313 e. The maximum Gasteiger partial charge on any atom is 0.0704 e. The number of rotatable bonds is 4. The molecule has 2 heterocycles. The standard InChI is InChI=1S/C17H16BrN3/c1-19-17(13-8-14(18)11-20-10-13)9-12-6-7-21-16-5-3-2-4-15(12)16/h2-8,10-11,17,19H,9H2,1H3. The summed E-state index contributed by atoms with van der Waals surface area (Å²) in [4.78, 5) is 8.68. The first kappa shape index (κ1) is 14.2. The summed E-state index contributed by atoms with van der Waals surface area (Å²) in [6, 6.07) is 12.7. The Morgan fingerprint density at radius 1 is 1.19 bits per heavy atom. The van der Waals surface area contributed by atoms with E-state index < -0.39 is 0 Å². The van der Waals surface area contributed by atoms with Crippen LogP contribution < -0.4 is 5.32 Å². The number of benzene rings is 1. The third kappa shape index (κ3) is 3.12. The molecule has 1 aromatic carbocycles. The van der Waals surface area contributed by atoms with Gasteiger partial charge < -0.3 is 5.32 Å². The van der Waals surface area contributed by atoms with Crippen molar-refractivity contribution in [2.75, 3.05) is 7.05 Å². The maximum atomic E-state index is 4.42. The van der Waals surface area contributed by atoms with Crippen molar-refractivity contribution < 1.29 is 0 Å². The smallest absolute Gasteiger partial charge is 0.0704 e. The molecule has 0 radical (unpaired) electrons. The quantitative estimate of drug-likeness (QED) is 0.782. The predicted molar refractivity (Wildman–Crippen MR) is 89.2 cm³/mol. The van der Waals surface area contributed by atoms with E-state index in [1.54, 1.807) is 6.20 Å². The van der Waals surface area contributed by atoms with Gasteiger partial charge in [-0.15, -0.1) is 0 Å². The first-order chi connectivity index (χ1) is 10.3. The Hall–Kier alpha value is -1.78. The molecule has 0 amide bonds. The van der Waals surface area contributed by atoms with Crippen molar-refractivity contribution >= 4 is 26.8 Å². The Kier molecular flexibility index (Phi) is 4.27. The molecule has 0 aliphatic carbocycles. The first-order valence-corrected chi connectivity index (χ1v) is 7.67. The number of nitrogens with one attached hydrogen (secondary N) is 1. The van der Waals surface area contributed by atoms with Gasteiger partial charge in [0.15, 0.2) is 0 Å². The molecule has 0 saturated heterocycles. The number of aromatic nitrogens is 2. The van der Waals surface area contributed by atoms with E-state index in [2.05, 4.69) is 55.5 Å². The molecule has 106 valence electrons. The van der Waals surface area contributed by atoms with Crippen LogP contribution in [0.4, 0.5) is 0 Å². The molecule has 3 rings (SSSR count). The average Bonchev–Trinajstić information content (AvgIpc) is 2.52. The molecule has 0 bridgehead atoms. The van der Waals surface area contributed by atoms with Crippen molar-refractivity contribution in [2.45, 2.75) is 12.5 Å². The zero-order valence-electron chi connectivity index (χ0n) is 11.8. The summed E-state index contributed by atoms with van der Waals surface area (Å²) in [5.41, 5.74) is 3.50. The van der Waals surface area contributed by atoms with Crippen LogP contribution in [0.15, 0.2) is 59.5 Å². The number of para-hydroxylation sites is 1. The van der Waals surface area contributed by atoms with Gasteiger partial charge in [0.1, 0.15) is 0 Å². The summed E-state index contributed by atoms with van der Waals surface area (Å²) < 4.78 is 1.000. The van der Waals surface area contributed by atoms with Gasteiger partial charge in [0, 0.05) is 34.5 Å². The van der Waals surface area contributed by atoms with Gasteiger partial charge in [-0.2, -0.15) is 0 Å². The Labute approximate surface area is 132 Å². The molecular formula is C17H16BrN3. The van der Waals surface area contributed by atoms with Gasteiger partial charge in [-0.05, 0) is 58.7 Å². The maximum absolute atomic E-state index is 4.42. The normalized spacial score (nSPS) is 12.5. The lowest BCUT2D eigenvalue weighted by atomic mass is 9.98. The second-order valence-electron chi connectivity index (χ2n) is 4.97. The summed E-state index contributed by atoms with van der Waals surface area (Å²) in [6.45, 7) is 0. The highest BCUT2D eigenvalue weighted by atomic mass is 79.9. The molecule has 0 spiro atoms. The molecule has 0 saturated carbocycles. The van der Waals surface area contributed by atoms with Crippen LogP contribution in [0.1, 0.15) is 17.2 Å². The van der Waals surface area contributed by atoms with Crippen LogP contribution in [0.25, 0.3) is 10.9 Å². The van der Waals surface area contributed by atoms with Crippen LogP contribution in [0, 0.1) is 0 Å².